The number of nitrogens with zero attached hydrogens (tertiary/aromatic N) is 1. The van der Waals surface area contributed by atoms with Crippen LogP contribution < -0.4 is 14.4 Å². The largest absolute Gasteiger partial charge is 0.454 e. The first-order chi connectivity index (χ1) is 12.6. The Morgan fingerprint density at radius 1 is 0.923 bits per heavy atom. The van der Waals surface area contributed by atoms with Crippen LogP contribution in [0, 0.1) is 0 Å². The molecule has 2 aromatic carbocycles. The summed E-state index contributed by atoms with van der Waals surface area (Å²) in [5.41, 5.74) is 2.02. The van der Waals surface area contributed by atoms with Crippen LogP contribution in [0.15, 0.2) is 48.5 Å². The molecule has 0 saturated carbocycles. The molecule has 138 valence electrons. The molecule has 1 N–H and O–H groups in total. The van der Waals surface area contributed by atoms with Crippen molar-refractivity contribution in [3.8, 4) is 11.5 Å². The van der Waals surface area contributed by atoms with E-state index in [1.165, 1.54) is 10.5 Å². The van der Waals surface area contributed by atoms with Crippen LogP contribution in [0.25, 0.3) is 0 Å². The Kier molecular flexibility index (Phi) is 4.84. The van der Waals surface area contributed by atoms with Gasteiger partial charge in [0.1, 0.15) is 6.54 Å². The molecule has 1 fully saturated rings. The Bertz CT molecular complexity index is 862. The highest BCUT2D eigenvalue weighted by Gasteiger charge is 2.29. The van der Waals surface area contributed by atoms with Crippen molar-refractivity contribution in [3.63, 3.8) is 0 Å². The van der Waals surface area contributed by atoms with E-state index in [-0.39, 0.29) is 12.5 Å². The fourth-order valence-corrected chi connectivity index (χ4v) is 5.01. The Balaban J connectivity index is 1.33. The van der Waals surface area contributed by atoms with Gasteiger partial charge in [-0.05, 0) is 23.8 Å². The lowest BCUT2D eigenvalue weighted by Gasteiger charge is -2.31. The SMILES string of the molecule is O=S(=O)(Cc1ccccc1)N1CC[NH+](Cc2ccc3c(c2)OCO3)CC1. The summed E-state index contributed by atoms with van der Waals surface area (Å²) in [6, 6.07) is 15.4. The molecule has 2 aromatic rings. The fraction of sp³-hybridized carbons (Fsp3) is 0.368. The molecule has 26 heavy (non-hydrogen) atoms. The Labute approximate surface area is 154 Å². The molecule has 7 heteroatoms. The second-order valence-electron chi connectivity index (χ2n) is 6.76. The number of fused-ring (bicyclic) bond motifs is 1. The summed E-state index contributed by atoms with van der Waals surface area (Å²) >= 11 is 0. The van der Waals surface area contributed by atoms with Gasteiger partial charge in [-0.15, -0.1) is 0 Å². The summed E-state index contributed by atoms with van der Waals surface area (Å²) in [7, 11) is -3.26. The molecule has 0 atom stereocenters. The quantitative estimate of drug-likeness (QED) is 0.834. The summed E-state index contributed by atoms with van der Waals surface area (Å²) in [6.07, 6.45) is 0. The predicted octanol–water partition coefficient (Wildman–Crippen LogP) is 0.646. The number of piperazine rings is 1. The smallest absolute Gasteiger partial charge is 0.231 e. The normalized spacial score (nSPS) is 18.2. The molecule has 0 radical (unpaired) electrons. The van der Waals surface area contributed by atoms with Gasteiger partial charge in [0.2, 0.25) is 16.8 Å². The number of nitrogens with one attached hydrogen (secondary N) is 1. The third kappa shape index (κ3) is 3.85. The van der Waals surface area contributed by atoms with Crippen LogP contribution >= 0.6 is 0 Å². The van der Waals surface area contributed by atoms with Crippen molar-refractivity contribution in [2.45, 2.75) is 12.3 Å². The Morgan fingerprint density at radius 2 is 1.65 bits per heavy atom. The minimum absolute atomic E-state index is 0.0747. The number of hydrogen-bond donors (Lipinski definition) is 1. The van der Waals surface area contributed by atoms with E-state index >= 15 is 0 Å². The zero-order valence-electron chi connectivity index (χ0n) is 14.6. The summed E-state index contributed by atoms with van der Waals surface area (Å²) in [6.45, 7) is 3.89. The average molecular weight is 375 g/mol. The summed E-state index contributed by atoms with van der Waals surface area (Å²) in [5.74, 6) is 1.66. The highest BCUT2D eigenvalue weighted by molar-refractivity contribution is 7.88. The van der Waals surface area contributed by atoms with Crippen LogP contribution in [-0.4, -0.2) is 45.7 Å². The molecule has 0 amide bonds. The van der Waals surface area contributed by atoms with E-state index in [2.05, 4.69) is 6.07 Å². The van der Waals surface area contributed by atoms with Crippen molar-refractivity contribution in [1.82, 2.24) is 4.31 Å². The minimum Gasteiger partial charge on any atom is -0.454 e. The van der Waals surface area contributed by atoms with Gasteiger partial charge >= 0.3 is 0 Å². The number of ether oxygens (including phenoxy) is 2. The topological polar surface area (TPSA) is 60.3 Å². The van der Waals surface area contributed by atoms with Crippen molar-refractivity contribution < 1.29 is 22.8 Å². The van der Waals surface area contributed by atoms with Gasteiger partial charge in [0.25, 0.3) is 0 Å². The zero-order valence-corrected chi connectivity index (χ0v) is 15.4. The van der Waals surface area contributed by atoms with E-state index in [1.807, 2.05) is 42.5 Å². The van der Waals surface area contributed by atoms with E-state index in [0.717, 1.165) is 36.7 Å². The molecular formula is C19H23N2O4S+. The zero-order chi connectivity index (χ0) is 18.0. The van der Waals surface area contributed by atoms with Crippen molar-refractivity contribution in [2.75, 3.05) is 33.0 Å². The molecule has 2 aliphatic rings. The van der Waals surface area contributed by atoms with E-state index in [9.17, 15) is 8.42 Å². The number of hydrogen-bond acceptors (Lipinski definition) is 4. The highest BCUT2D eigenvalue weighted by Crippen LogP contribution is 2.32. The molecule has 6 nitrogen and oxygen atoms in total. The molecule has 0 spiro atoms. The van der Waals surface area contributed by atoms with Crippen molar-refractivity contribution in [1.29, 1.82) is 0 Å². The van der Waals surface area contributed by atoms with Gasteiger partial charge in [-0.1, -0.05) is 30.3 Å². The van der Waals surface area contributed by atoms with Crippen molar-refractivity contribution in [3.05, 3.63) is 59.7 Å². The van der Waals surface area contributed by atoms with Gasteiger partial charge in [-0.25, -0.2) is 8.42 Å². The molecule has 0 aromatic heterocycles. The number of sulfonamides is 1. The Morgan fingerprint density at radius 3 is 2.42 bits per heavy atom. The van der Waals surface area contributed by atoms with Gasteiger partial charge in [0, 0.05) is 5.56 Å². The molecule has 4 rings (SSSR count). The first-order valence-electron chi connectivity index (χ1n) is 8.84. The number of benzene rings is 2. The molecule has 2 aliphatic heterocycles. The second kappa shape index (κ2) is 7.26. The lowest BCUT2D eigenvalue weighted by atomic mass is 10.2. The van der Waals surface area contributed by atoms with E-state index in [4.69, 9.17) is 9.47 Å². The molecular weight excluding hydrogens is 352 g/mol. The molecule has 0 aliphatic carbocycles. The molecule has 0 bridgehead atoms. The van der Waals surface area contributed by atoms with E-state index in [0.29, 0.717) is 13.1 Å². The Hall–Kier alpha value is -2.09. The first kappa shape index (κ1) is 17.3. The standard InChI is InChI=1S/C19H22N2O4S/c22-26(23,14-16-4-2-1-3-5-16)21-10-8-20(9-11-21)13-17-6-7-18-19(12-17)25-15-24-18/h1-7,12H,8-11,13-15H2/p+1. The maximum absolute atomic E-state index is 12.6. The first-order valence-corrected chi connectivity index (χ1v) is 10.4. The summed E-state index contributed by atoms with van der Waals surface area (Å²) < 4.78 is 37.7. The van der Waals surface area contributed by atoms with Gasteiger partial charge in [0.15, 0.2) is 11.5 Å². The van der Waals surface area contributed by atoms with Crippen molar-refractivity contribution >= 4 is 10.0 Å². The maximum Gasteiger partial charge on any atom is 0.231 e. The van der Waals surface area contributed by atoms with Crippen molar-refractivity contribution in [2.24, 2.45) is 0 Å². The van der Waals surface area contributed by atoms with Gasteiger partial charge in [-0.2, -0.15) is 4.31 Å². The summed E-state index contributed by atoms with van der Waals surface area (Å²) in [5, 5.41) is 0. The van der Waals surface area contributed by atoms with Crippen LogP contribution in [0.2, 0.25) is 0 Å². The lowest BCUT2D eigenvalue weighted by Crippen LogP contribution is -3.13. The monoisotopic (exact) mass is 375 g/mol. The maximum atomic E-state index is 12.6. The average Bonchev–Trinajstić information content (AvgIpc) is 3.10. The molecule has 0 unspecified atom stereocenters. The van der Waals surface area contributed by atoms with Crippen LogP contribution in [0.3, 0.4) is 0 Å². The minimum atomic E-state index is -3.26. The molecule has 2 heterocycles. The molecule has 1 saturated heterocycles. The van der Waals surface area contributed by atoms with E-state index in [1.54, 1.807) is 4.31 Å². The lowest BCUT2D eigenvalue weighted by molar-refractivity contribution is -0.917. The highest BCUT2D eigenvalue weighted by atomic mass is 32.2. The third-order valence-corrected chi connectivity index (χ3v) is 6.76. The van der Waals surface area contributed by atoms with Crippen LogP contribution in [0.5, 0.6) is 11.5 Å². The fourth-order valence-electron chi connectivity index (χ4n) is 3.47. The van der Waals surface area contributed by atoms with Gasteiger partial charge in [-0.3, -0.25) is 0 Å². The van der Waals surface area contributed by atoms with Gasteiger partial charge in [0.05, 0.1) is 31.9 Å². The second-order valence-corrected chi connectivity index (χ2v) is 8.72. The number of rotatable bonds is 5. The van der Waals surface area contributed by atoms with E-state index < -0.39 is 10.0 Å². The number of quaternary nitrogens is 1. The predicted molar refractivity (Wildman–Crippen MR) is 97.6 cm³/mol. The summed E-state index contributed by atoms with van der Waals surface area (Å²) in [4.78, 5) is 1.38. The van der Waals surface area contributed by atoms with Gasteiger partial charge < -0.3 is 14.4 Å². The van der Waals surface area contributed by atoms with Crippen LogP contribution in [-0.2, 0) is 22.3 Å². The third-order valence-electron chi connectivity index (χ3n) is 4.91. The van der Waals surface area contributed by atoms with Crippen LogP contribution in [0.4, 0.5) is 0 Å². The van der Waals surface area contributed by atoms with Crippen LogP contribution in [0.1, 0.15) is 11.1 Å².